The number of nitrogens with zero attached hydrogens (tertiary/aromatic N) is 2. The zero-order chi connectivity index (χ0) is 13.8. The Morgan fingerprint density at radius 3 is 2.89 bits per heavy atom. The van der Waals surface area contributed by atoms with E-state index in [1.165, 1.54) is 13.2 Å². The normalized spacial score (nSPS) is 9.95. The van der Waals surface area contributed by atoms with Crippen LogP contribution in [0.5, 0.6) is 5.75 Å². The number of aromatic nitrogens is 2. The van der Waals surface area contributed by atoms with Gasteiger partial charge in [-0.25, -0.2) is 15.1 Å². The van der Waals surface area contributed by atoms with Crippen molar-refractivity contribution in [3.05, 3.63) is 50.8 Å². The molecule has 0 spiro atoms. The molecule has 0 aliphatic heterocycles. The van der Waals surface area contributed by atoms with Crippen LogP contribution in [0.15, 0.2) is 35.1 Å². The second-order valence-corrected chi connectivity index (χ2v) is 3.58. The van der Waals surface area contributed by atoms with Crippen LogP contribution >= 0.6 is 0 Å². The van der Waals surface area contributed by atoms with E-state index in [-0.39, 0.29) is 5.95 Å². The quantitative estimate of drug-likeness (QED) is 0.629. The molecule has 1 heterocycles. The van der Waals surface area contributed by atoms with Crippen molar-refractivity contribution in [2.24, 2.45) is 0 Å². The van der Waals surface area contributed by atoms with Crippen LogP contribution in [0.4, 0.5) is 5.95 Å². The van der Waals surface area contributed by atoms with E-state index >= 15 is 0 Å². The molecule has 0 bridgehead atoms. The number of hydrogen-bond donors (Lipinski definition) is 2. The molecular weight excluding hydrogens is 252 g/mol. The fraction of sp³-hybridized carbons (Fsp3) is 0.0909. The number of benzene rings is 1. The Morgan fingerprint density at radius 1 is 1.42 bits per heavy atom. The van der Waals surface area contributed by atoms with Crippen LogP contribution < -0.4 is 15.7 Å². The van der Waals surface area contributed by atoms with Crippen molar-refractivity contribution in [3.63, 3.8) is 0 Å². The molecule has 1 aromatic carbocycles. The third-order valence-corrected chi connectivity index (χ3v) is 2.30. The number of nitro groups is 1. The van der Waals surface area contributed by atoms with Crippen molar-refractivity contribution in [1.82, 2.24) is 9.97 Å². The number of aromatic amines is 1. The van der Waals surface area contributed by atoms with Gasteiger partial charge in [-0.2, -0.15) is 0 Å². The lowest BCUT2D eigenvalue weighted by Crippen LogP contribution is -2.16. The smallest absolute Gasteiger partial charge is 0.266 e. The maximum absolute atomic E-state index is 11.4. The number of ether oxygens (including phenoxy) is 1. The monoisotopic (exact) mass is 262 g/mol. The fourth-order valence-electron chi connectivity index (χ4n) is 1.53. The molecule has 0 aliphatic rings. The summed E-state index contributed by atoms with van der Waals surface area (Å²) in [6, 6.07) is 8.13. The molecule has 0 radical (unpaired) electrons. The van der Waals surface area contributed by atoms with Crippen LogP contribution in [-0.2, 0) is 0 Å². The first-order valence-corrected chi connectivity index (χ1v) is 5.25. The molecule has 0 fully saturated rings. The third-order valence-electron chi connectivity index (χ3n) is 2.30. The molecule has 8 heteroatoms. The van der Waals surface area contributed by atoms with Crippen LogP contribution in [0.1, 0.15) is 0 Å². The fourth-order valence-corrected chi connectivity index (χ4v) is 1.53. The molecular formula is C11H10N4O4. The van der Waals surface area contributed by atoms with E-state index < -0.39 is 10.6 Å². The second kappa shape index (κ2) is 5.17. The highest BCUT2D eigenvalue weighted by Gasteiger charge is 2.08. The van der Waals surface area contributed by atoms with Gasteiger partial charge in [0.25, 0.3) is 11.5 Å². The largest absolute Gasteiger partial charge is 0.497 e. The Balaban J connectivity index is 2.46. The summed E-state index contributed by atoms with van der Waals surface area (Å²) in [4.78, 5) is 28.0. The van der Waals surface area contributed by atoms with E-state index in [4.69, 9.17) is 4.74 Å². The molecule has 98 valence electrons. The topological polar surface area (TPSA) is 110 Å². The van der Waals surface area contributed by atoms with Gasteiger partial charge in [0.1, 0.15) is 5.75 Å². The van der Waals surface area contributed by atoms with E-state index in [1.807, 2.05) is 5.43 Å². The lowest BCUT2D eigenvalue weighted by Gasteiger charge is -2.04. The molecule has 0 aliphatic carbocycles. The maximum atomic E-state index is 11.4. The molecule has 0 atom stereocenters. The Hall–Kier alpha value is -2.90. The number of H-pyrrole nitrogens is 1. The van der Waals surface area contributed by atoms with Crippen molar-refractivity contribution in [1.29, 1.82) is 0 Å². The van der Waals surface area contributed by atoms with Crippen molar-refractivity contribution >= 4 is 5.95 Å². The molecule has 0 saturated heterocycles. The average Bonchev–Trinajstić information content (AvgIpc) is 2.37. The number of methoxy groups -OCH3 is 1. The van der Waals surface area contributed by atoms with E-state index in [1.54, 1.807) is 24.3 Å². The van der Waals surface area contributed by atoms with E-state index in [0.717, 1.165) is 0 Å². The highest BCUT2D eigenvalue weighted by atomic mass is 16.7. The van der Waals surface area contributed by atoms with Gasteiger partial charge in [0.05, 0.1) is 12.8 Å². The Bertz CT molecular complexity index is 668. The molecule has 19 heavy (non-hydrogen) atoms. The minimum Gasteiger partial charge on any atom is -0.497 e. The first kappa shape index (κ1) is 12.6. The number of anilines is 1. The molecule has 2 rings (SSSR count). The predicted octanol–water partition coefficient (Wildman–Crippen LogP) is 1.05. The standard InChI is InChI=1S/C11H10N4O4/c1-19-8-4-2-3-7(5-8)9-6-10(16)13-11(12-9)14-15(17)18/h2-6H,1H3,(H2,12,13,14,16). The second-order valence-electron chi connectivity index (χ2n) is 3.58. The highest BCUT2D eigenvalue weighted by molar-refractivity contribution is 5.61. The summed E-state index contributed by atoms with van der Waals surface area (Å²) in [6.45, 7) is 0. The van der Waals surface area contributed by atoms with Gasteiger partial charge in [-0.3, -0.25) is 9.78 Å². The molecule has 2 N–H and O–H groups in total. The summed E-state index contributed by atoms with van der Waals surface area (Å²) in [7, 11) is 1.52. The van der Waals surface area contributed by atoms with Gasteiger partial charge >= 0.3 is 0 Å². The van der Waals surface area contributed by atoms with Gasteiger partial charge < -0.3 is 4.74 Å². The van der Waals surface area contributed by atoms with Crippen molar-refractivity contribution < 1.29 is 9.77 Å². The van der Waals surface area contributed by atoms with Crippen molar-refractivity contribution in [2.75, 3.05) is 12.5 Å². The van der Waals surface area contributed by atoms with Crippen LogP contribution in [-0.4, -0.2) is 22.1 Å². The number of hydrazine groups is 1. The van der Waals surface area contributed by atoms with E-state index in [2.05, 4.69) is 9.97 Å². The Labute approximate surface area is 107 Å². The first-order chi connectivity index (χ1) is 9.08. The molecule has 0 amide bonds. The third kappa shape index (κ3) is 3.06. The summed E-state index contributed by atoms with van der Waals surface area (Å²) >= 11 is 0. The van der Waals surface area contributed by atoms with Crippen LogP contribution in [0.2, 0.25) is 0 Å². The summed E-state index contributed by atoms with van der Waals surface area (Å²) in [5, 5.41) is 9.54. The molecule has 0 saturated carbocycles. The summed E-state index contributed by atoms with van der Waals surface area (Å²) < 4.78 is 5.06. The van der Waals surface area contributed by atoms with Crippen molar-refractivity contribution in [3.8, 4) is 17.0 Å². The van der Waals surface area contributed by atoms with Gasteiger partial charge in [0.2, 0.25) is 0 Å². The molecule has 8 nitrogen and oxygen atoms in total. The van der Waals surface area contributed by atoms with E-state index in [0.29, 0.717) is 17.0 Å². The Kier molecular flexibility index (Phi) is 3.42. The highest BCUT2D eigenvalue weighted by Crippen LogP contribution is 2.21. The first-order valence-electron chi connectivity index (χ1n) is 5.25. The summed E-state index contributed by atoms with van der Waals surface area (Å²) in [5.41, 5.74) is 2.25. The van der Waals surface area contributed by atoms with Crippen molar-refractivity contribution in [2.45, 2.75) is 0 Å². The summed E-state index contributed by atoms with van der Waals surface area (Å²) in [5.74, 6) is 0.374. The SMILES string of the molecule is COc1cccc(-c2cc(=O)[nH]c(N[N+](=O)[O-])n2)c1. The van der Waals surface area contributed by atoms with Gasteiger partial charge in [-0.15, -0.1) is 0 Å². The molecule has 0 unspecified atom stereocenters. The van der Waals surface area contributed by atoms with Gasteiger partial charge in [0.15, 0.2) is 5.03 Å². The number of hydrogen-bond acceptors (Lipinski definition) is 5. The Morgan fingerprint density at radius 2 is 2.21 bits per heavy atom. The van der Waals surface area contributed by atoms with Gasteiger partial charge in [-0.05, 0) is 12.1 Å². The lowest BCUT2D eigenvalue weighted by atomic mass is 10.1. The number of nitrogens with one attached hydrogen (secondary N) is 2. The van der Waals surface area contributed by atoms with Gasteiger partial charge in [0, 0.05) is 11.6 Å². The van der Waals surface area contributed by atoms with Gasteiger partial charge in [-0.1, -0.05) is 17.6 Å². The minimum absolute atomic E-state index is 0.227. The maximum Gasteiger partial charge on any atom is 0.266 e. The summed E-state index contributed by atoms with van der Waals surface area (Å²) in [6.07, 6.45) is 0. The zero-order valence-corrected chi connectivity index (χ0v) is 9.91. The number of rotatable bonds is 4. The van der Waals surface area contributed by atoms with Crippen LogP contribution in [0, 0.1) is 10.1 Å². The average molecular weight is 262 g/mol. The minimum atomic E-state index is -0.798. The molecule has 1 aromatic heterocycles. The predicted molar refractivity (Wildman–Crippen MR) is 67.5 cm³/mol. The van der Waals surface area contributed by atoms with E-state index in [9.17, 15) is 14.9 Å². The van der Waals surface area contributed by atoms with Crippen LogP contribution in [0.25, 0.3) is 11.3 Å². The zero-order valence-electron chi connectivity index (χ0n) is 9.91. The molecule has 2 aromatic rings. The lowest BCUT2D eigenvalue weighted by molar-refractivity contribution is -0.446. The van der Waals surface area contributed by atoms with Crippen LogP contribution in [0.3, 0.4) is 0 Å².